The van der Waals surface area contributed by atoms with Gasteiger partial charge in [-0.05, 0) is 31.2 Å². The largest absolute Gasteiger partial charge is 0.481 e. The summed E-state index contributed by atoms with van der Waals surface area (Å²) in [6.45, 7) is 1.32. The zero-order valence-electron chi connectivity index (χ0n) is 18.1. The van der Waals surface area contributed by atoms with Crippen LogP contribution >= 0.6 is 11.3 Å². The first kappa shape index (κ1) is 25.1. The van der Waals surface area contributed by atoms with Crippen molar-refractivity contribution in [2.45, 2.75) is 24.3 Å². The topological polar surface area (TPSA) is 165 Å². The van der Waals surface area contributed by atoms with Gasteiger partial charge in [0.15, 0.2) is 15.0 Å². The molecule has 0 aliphatic carbocycles. The van der Waals surface area contributed by atoms with Crippen LogP contribution < -0.4 is 14.8 Å². The van der Waals surface area contributed by atoms with Gasteiger partial charge < -0.3 is 19.7 Å². The van der Waals surface area contributed by atoms with Crippen molar-refractivity contribution in [3.8, 4) is 17.5 Å². The summed E-state index contributed by atoms with van der Waals surface area (Å²) >= 11 is 1.08. The van der Waals surface area contributed by atoms with E-state index in [1.54, 1.807) is 6.92 Å². The van der Waals surface area contributed by atoms with E-state index in [0.717, 1.165) is 17.6 Å². The summed E-state index contributed by atoms with van der Waals surface area (Å²) in [7, 11) is -3.37. The normalized spacial score (nSPS) is 12.1. The molecule has 2 aromatic heterocycles. The molecule has 0 saturated carbocycles. The number of hydrogen-bond donors (Lipinski definition) is 3. The number of rotatable bonds is 10. The Hall–Kier alpha value is -3.55. The molecule has 0 unspecified atom stereocenters. The highest BCUT2D eigenvalue weighted by Crippen LogP contribution is 2.26. The first-order valence-corrected chi connectivity index (χ1v) is 12.6. The number of ether oxygens (including phenoxy) is 2. The molecule has 1 amide bonds. The van der Waals surface area contributed by atoms with Crippen molar-refractivity contribution < 1.29 is 37.7 Å². The van der Waals surface area contributed by atoms with Crippen LogP contribution in [0.3, 0.4) is 0 Å². The summed E-state index contributed by atoms with van der Waals surface area (Å²) in [6.07, 6.45) is 0.213. The number of aliphatic carboxylic acids is 1. The molecule has 0 saturated heterocycles. The van der Waals surface area contributed by atoms with Gasteiger partial charge in [0, 0.05) is 23.8 Å². The number of pyridine rings is 1. The van der Waals surface area contributed by atoms with E-state index in [1.165, 1.54) is 41.8 Å². The maximum Gasteiger partial charge on any atom is 0.309 e. The lowest BCUT2D eigenvalue weighted by atomic mass is 10.2. The molecule has 11 nitrogen and oxygen atoms in total. The van der Waals surface area contributed by atoms with Crippen LogP contribution in [-0.4, -0.2) is 59.4 Å². The fourth-order valence-electron chi connectivity index (χ4n) is 2.61. The first-order chi connectivity index (χ1) is 16.0. The minimum Gasteiger partial charge on any atom is -0.481 e. The number of aromatic nitrogens is 2. The van der Waals surface area contributed by atoms with Crippen molar-refractivity contribution in [2.75, 3.05) is 18.2 Å². The summed E-state index contributed by atoms with van der Waals surface area (Å²) < 4.78 is 34.5. The average Bonchev–Trinajstić information content (AvgIpc) is 3.19. The van der Waals surface area contributed by atoms with Crippen LogP contribution in [0.5, 0.6) is 17.5 Å². The lowest BCUT2D eigenvalue weighted by molar-refractivity contribution is -0.136. The molecule has 1 aromatic carbocycles. The number of carbonyl (C=O) groups excluding carboxylic acids is 1. The van der Waals surface area contributed by atoms with E-state index < -0.39 is 27.8 Å². The van der Waals surface area contributed by atoms with Crippen molar-refractivity contribution in [1.82, 2.24) is 9.97 Å². The Labute approximate surface area is 198 Å². The predicted octanol–water partition coefficient (Wildman–Crippen LogP) is 2.37. The van der Waals surface area contributed by atoms with Crippen LogP contribution in [0.15, 0.2) is 46.7 Å². The van der Waals surface area contributed by atoms with Crippen LogP contribution in [0.1, 0.15) is 23.0 Å². The van der Waals surface area contributed by atoms with Gasteiger partial charge in [-0.1, -0.05) is 0 Å². The molecule has 0 aliphatic rings. The second kappa shape index (κ2) is 10.6. The van der Waals surface area contributed by atoms with E-state index in [9.17, 15) is 23.1 Å². The third kappa shape index (κ3) is 6.97. The first-order valence-electron chi connectivity index (χ1n) is 9.78. The van der Waals surface area contributed by atoms with Gasteiger partial charge in [-0.15, -0.1) is 11.3 Å². The van der Waals surface area contributed by atoms with Crippen molar-refractivity contribution in [2.24, 2.45) is 0 Å². The zero-order chi connectivity index (χ0) is 24.9. The highest BCUT2D eigenvalue weighted by atomic mass is 32.2. The smallest absolute Gasteiger partial charge is 0.309 e. The van der Waals surface area contributed by atoms with Gasteiger partial charge in [-0.25, -0.2) is 13.4 Å². The van der Waals surface area contributed by atoms with Crippen molar-refractivity contribution in [3.05, 3.63) is 53.0 Å². The minimum atomic E-state index is -3.37. The van der Waals surface area contributed by atoms with Gasteiger partial charge in [0.05, 0.1) is 29.2 Å². The number of thiazole rings is 1. The van der Waals surface area contributed by atoms with E-state index in [0.29, 0.717) is 5.69 Å². The number of hydrogen-bond acceptors (Lipinski definition) is 10. The maximum atomic E-state index is 12.8. The number of anilines is 1. The van der Waals surface area contributed by atoms with Crippen LogP contribution in [0.4, 0.5) is 5.13 Å². The molecule has 34 heavy (non-hydrogen) atoms. The monoisotopic (exact) mass is 507 g/mol. The van der Waals surface area contributed by atoms with E-state index in [1.807, 2.05) is 0 Å². The highest BCUT2D eigenvalue weighted by molar-refractivity contribution is 7.90. The predicted molar refractivity (Wildman–Crippen MR) is 122 cm³/mol. The fraction of sp³-hybridized carbons (Fsp3) is 0.238. The lowest BCUT2D eigenvalue weighted by Crippen LogP contribution is -2.18. The number of carboxylic acid groups (broad SMARTS) is 1. The average molecular weight is 508 g/mol. The summed E-state index contributed by atoms with van der Waals surface area (Å²) in [4.78, 5) is 32.0. The molecule has 2 heterocycles. The Morgan fingerprint density at radius 3 is 2.44 bits per heavy atom. The van der Waals surface area contributed by atoms with Gasteiger partial charge in [-0.3, -0.25) is 14.9 Å². The molecule has 1 atom stereocenters. The van der Waals surface area contributed by atoms with E-state index in [4.69, 9.17) is 14.6 Å². The second-order valence-electron chi connectivity index (χ2n) is 7.16. The molecule has 13 heteroatoms. The molecular formula is C21H21N3O8S2. The minimum absolute atomic E-state index is 0.00870. The number of amides is 1. The number of aliphatic hydroxyl groups excluding tert-OH is 1. The van der Waals surface area contributed by atoms with Gasteiger partial charge in [0.2, 0.25) is 11.8 Å². The molecule has 0 spiro atoms. The standard InChI is InChI=1S/C21H21N3O8S2/c1-12(10-25)31-17-7-13(20(28)24-21-22-14(11-33-21)9-19(26)27)8-18(23-17)32-15-3-5-16(6-4-15)34(2,29)30/h3-8,11-12,25H,9-10H2,1-2H3,(H,26,27)(H,22,24,28)/t12-/m1/s1. The molecular weight excluding hydrogens is 486 g/mol. The molecule has 3 rings (SSSR count). The summed E-state index contributed by atoms with van der Waals surface area (Å²) in [5, 5.41) is 22.5. The number of sulfone groups is 1. The van der Waals surface area contributed by atoms with Crippen LogP contribution in [0.25, 0.3) is 0 Å². The van der Waals surface area contributed by atoms with Gasteiger partial charge in [0.1, 0.15) is 11.9 Å². The molecule has 3 aromatic rings. The highest BCUT2D eigenvalue weighted by Gasteiger charge is 2.16. The Morgan fingerprint density at radius 1 is 1.15 bits per heavy atom. The van der Waals surface area contributed by atoms with Crippen LogP contribution in [0.2, 0.25) is 0 Å². The number of nitrogens with one attached hydrogen (secondary N) is 1. The van der Waals surface area contributed by atoms with E-state index in [-0.39, 0.29) is 46.1 Å². The quantitative estimate of drug-likeness (QED) is 0.371. The SMILES string of the molecule is C[C@H](CO)Oc1cc(C(=O)Nc2nc(CC(=O)O)cs2)cc(Oc2ccc(S(C)(=O)=O)cc2)n1. The van der Waals surface area contributed by atoms with Crippen LogP contribution in [0, 0.1) is 0 Å². The molecule has 180 valence electrons. The Balaban J connectivity index is 1.85. The Morgan fingerprint density at radius 2 is 1.82 bits per heavy atom. The third-order valence-electron chi connectivity index (χ3n) is 4.20. The third-order valence-corrected chi connectivity index (χ3v) is 6.13. The number of benzene rings is 1. The number of aliphatic hydroxyl groups is 1. The van der Waals surface area contributed by atoms with Gasteiger partial charge >= 0.3 is 5.97 Å². The van der Waals surface area contributed by atoms with Gasteiger partial charge in [-0.2, -0.15) is 4.98 Å². The number of nitrogens with zero attached hydrogens (tertiary/aromatic N) is 2. The van der Waals surface area contributed by atoms with E-state index in [2.05, 4.69) is 15.3 Å². The summed E-state index contributed by atoms with van der Waals surface area (Å²) in [5.41, 5.74) is 0.415. The van der Waals surface area contributed by atoms with Crippen molar-refractivity contribution >= 4 is 38.2 Å². The molecule has 0 fully saturated rings. The molecule has 0 bridgehead atoms. The van der Waals surface area contributed by atoms with E-state index >= 15 is 0 Å². The summed E-state index contributed by atoms with van der Waals surface area (Å²) in [5.74, 6) is -1.33. The Kier molecular flexibility index (Phi) is 7.81. The van der Waals surface area contributed by atoms with Crippen molar-refractivity contribution in [3.63, 3.8) is 0 Å². The second-order valence-corrected chi connectivity index (χ2v) is 10.0. The fourth-order valence-corrected chi connectivity index (χ4v) is 3.95. The molecule has 3 N–H and O–H groups in total. The number of carbonyl (C=O) groups is 2. The van der Waals surface area contributed by atoms with Crippen molar-refractivity contribution in [1.29, 1.82) is 0 Å². The van der Waals surface area contributed by atoms with Crippen LogP contribution in [-0.2, 0) is 21.1 Å². The number of carboxylic acids is 1. The zero-order valence-corrected chi connectivity index (χ0v) is 19.7. The molecule has 0 aliphatic heterocycles. The van der Waals surface area contributed by atoms with Gasteiger partial charge in [0.25, 0.3) is 5.91 Å². The Bertz CT molecular complexity index is 1290. The molecule has 0 radical (unpaired) electrons. The lowest BCUT2D eigenvalue weighted by Gasteiger charge is -2.14. The summed E-state index contributed by atoms with van der Waals surface area (Å²) in [6, 6.07) is 8.35. The maximum absolute atomic E-state index is 12.8.